The number of nitrogens with zero attached hydrogens (tertiary/aromatic N) is 1. The first-order valence-electron chi connectivity index (χ1n) is 7.07. The van der Waals surface area contributed by atoms with Crippen LogP contribution < -0.4 is 11.1 Å². The summed E-state index contributed by atoms with van der Waals surface area (Å²) in [6.45, 7) is 6.02. The third-order valence-corrected chi connectivity index (χ3v) is 3.02. The third-order valence-electron chi connectivity index (χ3n) is 3.02. The van der Waals surface area contributed by atoms with Crippen molar-refractivity contribution in [1.82, 2.24) is 10.2 Å². The van der Waals surface area contributed by atoms with Crippen LogP contribution in [-0.2, 0) is 9.53 Å². The summed E-state index contributed by atoms with van der Waals surface area (Å²) in [5.74, 6) is -0.412. The van der Waals surface area contributed by atoms with Crippen molar-refractivity contribution in [3.8, 4) is 0 Å². The maximum Gasteiger partial charge on any atom is 0.251 e. The molecule has 1 aromatic rings. The molecule has 0 radical (unpaired) electrons. The number of nitrogens with one attached hydrogen (secondary N) is 1. The number of anilines is 1. The fourth-order valence-electron chi connectivity index (χ4n) is 1.78. The second kappa shape index (κ2) is 8.97. The standard InChI is InChI=1S/C15H23N3O3/c1-3-18(9-10-21-4-2)14(19)11-17-15(20)12-5-7-13(16)8-6-12/h5-8H,3-4,9-11,16H2,1-2H3,(H,17,20). The molecule has 0 saturated heterocycles. The zero-order valence-corrected chi connectivity index (χ0v) is 12.6. The van der Waals surface area contributed by atoms with Gasteiger partial charge in [-0.25, -0.2) is 0 Å². The van der Waals surface area contributed by atoms with E-state index in [-0.39, 0.29) is 18.4 Å². The van der Waals surface area contributed by atoms with Crippen molar-refractivity contribution < 1.29 is 14.3 Å². The monoisotopic (exact) mass is 293 g/mol. The fraction of sp³-hybridized carbons (Fsp3) is 0.467. The zero-order valence-electron chi connectivity index (χ0n) is 12.6. The van der Waals surface area contributed by atoms with Gasteiger partial charge in [-0.1, -0.05) is 0 Å². The van der Waals surface area contributed by atoms with Crippen LogP contribution in [0, 0.1) is 0 Å². The Labute approximate surface area is 125 Å². The normalized spacial score (nSPS) is 10.2. The van der Waals surface area contributed by atoms with E-state index in [1.54, 1.807) is 29.2 Å². The van der Waals surface area contributed by atoms with Crippen molar-refractivity contribution in [3.05, 3.63) is 29.8 Å². The molecular weight excluding hydrogens is 270 g/mol. The fourth-order valence-corrected chi connectivity index (χ4v) is 1.78. The summed E-state index contributed by atoms with van der Waals surface area (Å²) in [5, 5.41) is 2.61. The van der Waals surface area contributed by atoms with Crippen molar-refractivity contribution in [2.45, 2.75) is 13.8 Å². The molecule has 0 atom stereocenters. The number of nitrogens with two attached hydrogens (primary N) is 1. The van der Waals surface area contributed by atoms with Crippen molar-refractivity contribution in [1.29, 1.82) is 0 Å². The number of amides is 2. The Balaban J connectivity index is 2.43. The molecule has 6 heteroatoms. The second-order valence-corrected chi connectivity index (χ2v) is 4.48. The van der Waals surface area contributed by atoms with Crippen molar-refractivity contribution in [3.63, 3.8) is 0 Å². The number of rotatable bonds is 8. The van der Waals surface area contributed by atoms with E-state index in [0.717, 1.165) is 0 Å². The lowest BCUT2D eigenvalue weighted by Gasteiger charge is -2.20. The number of nitrogen functional groups attached to an aromatic ring is 1. The van der Waals surface area contributed by atoms with E-state index < -0.39 is 0 Å². The highest BCUT2D eigenvalue weighted by atomic mass is 16.5. The third kappa shape index (κ3) is 5.83. The molecule has 0 bridgehead atoms. The Morgan fingerprint density at radius 3 is 2.48 bits per heavy atom. The van der Waals surface area contributed by atoms with E-state index in [9.17, 15) is 9.59 Å². The molecule has 1 aromatic carbocycles. The van der Waals surface area contributed by atoms with E-state index in [0.29, 0.717) is 37.6 Å². The predicted molar refractivity (Wildman–Crippen MR) is 81.9 cm³/mol. The minimum absolute atomic E-state index is 0.0246. The van der Waals surface area contributed by atoms with Gasteiger partial charge in [0.15, 0.2) is 0 Å². The summed E-state index contributed by atoms with van der Waals surface area (Å²) < 4.78 is 5.23. The molecule has 0 aliphatic rings. The van der Waals surface area contributed by atoms with Gasteiger partial charge in [0.05, 0.1) is 13.2 Å². The average molecular weight is 293 g/mol. The first-order valence-corrected chi connectivity index (χ1v) is 7.07. The molecule has 0 aliphatic heterocycles. The maximum absolute atomic E-state index is 12.0. The average Bonchev–Trinajstić information content (AvgIpc) is 2.49. The minimum Gasteiger partial charge on any atom is -0.399 e. The van der Waals surface area contributed by atoms with Gasteiger partial charge in [0.2, 0.25) is 5.91 Å². The van der Waals surface area contributed by atoms with Crippen LogP contribution in [0.4, 0.5) is 5.69 Å². The lowest BCUT2D eigenvalue weighted by molar-refractivity contribution is -0.130. The quantitative estimate of drug-likeness (QED) is 0.550. The van der Waals surface area contributed by atoms with Crippen molar-refractivity contribution in [2.24, 2.45) is 0 Å². The van der Waals surface area contributed by atoms with E-state index >= 15 is 0 Å². The van der Waals surface area contributed by atoms with Gasteiger partial charge in [-0.2, -0.15) is 0 Å². The van der Waals surface area contributed by atoms with Gasteiger partial charge in [-0.3, -0.25) is 9.59 Å². The Morgan fingerprint density at radius 2 is 1.90 bits per heavy atom. The molecule has 0 fully saturated rings. The first-order chi connectivity index (χ1) is 10.1. The van der Waals surface area contributed by atoms with Crippen LogP contribution >= 0.6 is 0 Å². The topological polar surface area (TPSA) is 84.7 Å². The zero-order chi connectivity index (χ0) is 15.7. The van der Waals surface area contributed by atoms with Gasteiger partial charge in [0, 0.05) is 30.9 Å². The van der Waals surface area contributed by atoms with Gasteiger partial charge < -0.3 is 20.7 Å². The largest absolute Gasteiger partial charge is 0.399 e. The van der Waals surface area contributed by atoms with Crippen LogP contribution in [0.1, 0.15) is 24.2 Å². The van der Waals surface area contributed by atoms with Gasteiger partial charge in [0.1, 0.15) is 0 Å². The van der Waals surface area contributed by atoms with Gasteiger partial charge in [0.25, 0.3) is 5.91 Å². The van der Waals surface area contributed by atoms with Crippen LogP contribution in [0.15, 0.2) is 24.3 Å². The molecule has 2 amide bonds. The number of hydrogen-bond acceptors (Lipinski definition) is 4. The Hall–Kier alpha value is -2.08. The number of carbonyl (C=O) groups excluding carboxylic acids is 2. The van der Waals surface area contributed by atoms with Crippen LogP contribution in [0.5, 0.6) is 0 Å². The van der Waals surface area contributed by atoms with Crippen LogP contribution in [0.25, 0.3) is 0 Å². The molecular formula is C15H23N3O3. The molecule has 1 rings (SSSR count). The summed E-state index contributed by atoms with van der Waals surface area (Å²) in [6.07, 6.45) is 0. The van der Waals surface area contributed by atoms with Crippen molar-refractivity contribution >= 4 is 17.5 Å². The Morgan fingerprint density at radius 1 is 1.24 bits per heavy atom. The number of benzene rings is 1. The summed E-state index contributed by atoms with van der Waals surface area (Å²) in [7, 11) is 0. The first kappa shape index (κ1) is 17.0. The summed E-state index contributed by atoms with van der Waals surface area (Å²) in [5.41, 5.74) is 6.63. The van der Waals surface area contributed by atoms with Gasteiger partial charge >= 0.3 is 0 Å². The Bertz CT molecular complexity index is 460. The molecule has 0 spiro atoms. The molecule has 0 aliphatic carbocycles. The Kier molecular flexibility index (Phi) is 7.25. The molecule has 0 unspecified atom stereocenters. The number of carbonyl (C=O) groups is 2. The van der Waals surface area contributed by atoms with Crippen LogP contribution in [0.2, 0.25) is 0 Å². The molecule has 0 heterocycles. The predicted octanol–water partition coefficient (Wildman–Crippen LogP) is 0.884. The lowest BCUT2D eigenvalue weighted by atomic mass is 10.2. The maximum atomic E-state index is 12.0. The molecule has 21 heavy (non-hydrogen) atoms. The van der Waals surface area contributed by atoms with Crippen LogP contribution in [0.3, 0.4) is 0 Å². The second-order valence-electron chi connectivity index (χ2n) is 4.48. The van der Waals surface area contributed by atoms with Crippen LogP contribution in [-0.4, -0.2) is 49.6 Å². The molecule has 6 nitrogen and oxygen atoms in total. The molecule has 116 valence electrons. The molecule has 0 saturated carbocycles. The van der Waals surface area contributed by atoms with Gasteiger partial charge in [-0.15, -0.1) is 0 Å². The number of likely N-dealkylation sites (N-methyl/N-ethyl adjacent to an activating group) is 1. The molecule has 0 aromatic heterocycles. The van der Waals surface area contributed by atoms with E-state index in [1.807, 2.05) is 13.8 Å². The smallest absolute Gasteiger partial charge is 0.251 e. The SMILES string of the molecule is CCOCCN(CC)C(=O)CNC(=O)c1ccc(N)cc1. The highest BCUT2D eigenvalue weighted by molar-refractivity contribution is 5.96. The summed E-state index contributed by atoms with van der Waals surface area (Å²) in [4.78, 5) is 25.5. The van der Waals surface area contributed by atoms with Gasteiger partial charge in [-0.05, 0) is 38.1 Å². The van der Waals surface area contributed by atoms with E-state index in [1.165, 1.54) is 0 Å². The number of ether oxygens (including phenoxy) is 1. The highest BCUT2D eigenvalue weighted by Gasteiger charge is 2.13. The molecule has 3 N–H and O–H groups in total. The van der Waals surface area contributed by atoms with E-state index in [2.05, 4.69) is 5.32 Å². The van der Waals surface area contributed by atoms with Crippen molar-refractivity contribution in [2.75, 3.05) is 38.6 Å². The lowest BCUT2D eigenvalue weighted by Crippen LogP contribution is -2.41. The minimum atomic E-state index is -0.288. The summed E-state index contributed by atoms with van der Waals surface area (Å²) >= 11 is 0. The highest BCUT2D eigenvalue weighted by Crippen LogP contribution is 2.05. The van der Waals surface area contributed by atoms with E-state index in [4.69, 9.17) is 10.5 Å². The number of hydrogen-bond donors (Lipinski definition) is 2. The summed E-state index contributed by atoms with van der Waals surface area (Å²) in [6, 6.07) is 6.55.